The number of ether oxygens (including phenoxy) is 1. The number of likely N-dealkylation sites (N-methyl/N-ethyl adjacent to an activating group) is 1. The molecule has 0 atom stereocenters. The minimum absolute atomic E-state index is 0.490. The average Bonchev–Trinajstić information content (AvgIpc) is 3.36. The summed E-state index contributed by atoms with van der Waals surface area (Å²) in [6.45, 7) is 8.73. The molecule has 1 saturated heterocycles. The van der Waals surface area contributed by atoms with Gasteiger partial charge in [0, 0.05) is 56.7 Å². The molecule has 204 valence electrons. The fourth-order valence-electron chi connectivity index (χ4n) is 4.56. The molecule has 0 amide bonds. The van der Waals surface area contributed by atoms with E-state index in [0.717, 1.165) is 60.9 Å². The topological polar surface area (TPSA) is 71.3 Å². The van der Waals surface area contributed by atoms with Crippen molar-refractivity contribution >= 4 is 23.6 Å². The Labute approximate surface area is 235 Å². The Balaban J connectivity index is 1.40. The molecule has 0 aliphatic carbocycles. The van der Waals surface area contributed by atoms with Crippen molar-refractivity contribution in [3.63, 3.8) is 0 Å². The van der Waals surface area contributed by atoms with Crippen LogP contribution in [0, 0.1) is 5.92 Å². The number of hydrogen-bond acceptors (Lipinski definition) is 8. The molecule has 0 unspecified atom stereocenters. The van der Waals surface area contributed by atoms with Crippen LogP contribution in [0.15, 0.2) is 71.9 Å². The molecule has 3 heterocycles. The average molecular weight is 544 g/mol. The lowest BCUT2D eigenvalue weighted by atomic mass is 9.97. The van der Waals surface area contributed by atoms with Gasteiger partial charge in [-0.1, -0.05) is 38.1 Å². The first-order valence-corrected chi connectivity index (χ1v) is 14.3. The normalized spacial score (nSPS) is 14.1. The van der Waals surface area contributed by atoms with Crippen LogP contribution in [0.1, 0.15) is 25.8 Å². The lowest BCUT2D eigenvalue weighted by Crippen LogP contribution is -2.44. The number of hydrogen-bond donors (Lipinski definition) is 1. The molecule has 1 fully saturated rings. The first-order chi connectivity index (χ1) is 18.9. The molecule has 2 aromatic carbocycles. The van der Waals surface area contributed by atoms with E-state index in [1.807, 2.05) is 37.6 Å². The molecule has 0 spiro atoms. The Bertz CT molecular complexity index is 1360. The second-order valence-corrected chi connectivity index (χ2v) is 11.3. The van der Waals surface area contributed by atoms with Crippen molar-refractivity contribution in [2.24, 2.45) is 13.0 Å². The van der Waals surface area contributed by atoms with Crippen molar-refractivity contribution in [3.8, 4) is 22.9 Å². The standard InChI is InChI=1S/C30H37N7OS/c1-22(2)9-10-23-7-5-6-8-27(23)28-19-29(33-30(32-28)34-39-26-20-31-36(4)21-26)38-25-13-11-24(12-14-25)37-17-15-35(3)16-18-37/h5-8,11-14,19-22H,9-10,15-18H2,1-4H3,(H,32,33,34). The van der Waals surface area contributed by atoms with Gasteiger partial charge in [0.05, 0.1) is 16.8 Å². The number of piperazine rings is 1. The molecule has 8 nitrogen and oxygen atoms in total. The number of aromatic nitrogens is 4. The van der Waals surface area contributed by atoms with E-state index in [1.165, 1.54) is 23.2 Å². The predicted molar refractivity (Wildman–Crippen MR) is 160 cm³/mol. The lowest BCUT2D eigenvalue weighted by molar-refractivity contribution is 0.313. The quantitative estimate of drug-likeness (QED) is 0.240. The molecule has 4 aromatic rings. The number of rotatable bonds is 10. The number of nitrogens with one attached hydrogen (secondary N) is 1. The monoisotopic (exact) mass is 543 g/mol. The fourth-order valence-corrected chi connectivity index (χ4v) is 5.17. The summed E-state index contributed by atoms with van der Waals surface area (Å²) in [6.07, 6.45) is 5.87. The molecule has 0 saturated carbocycles. The third-order valence-corrected chi connectivity index (χ3v) is 7.59. The maximum atomic E-state index is 6.29. The molecule has 9 heteroatoms. The van der Waals surface area contributed by atoms with Crippen LogP contribution in [0.25, 0.3) is 11.3 Å². The van der Waals surface area contributed by atoms with Crippen LogP contribution in [-0.2, 0) is 13.5 Å². The smallest absolute Gasteiger partial charge is 0.237 e. The van der Waals surface area contributed by atoms with Crippen LogP contribution >= 0.6 is 11.9 Å². The van der Waals surface area contributed by atoms with E-state index in [9.17, 15) is 0 Å². The molecular weight excluding hydrogens is 506 g/mol. The van der Waals surface area contributed by atoms with E-state index >= 15 is 0 Å². The minimum atomic E-state index is 0.490. The van der Waals surface area contributed by atoms with Gasteiger partial charge in [-0.25, -0.2) is 4.98 Å². The number of nitrogens with zero attached hydrogens (tertiary/aromatic N) is 6. The summed E-state index contributed by atoms with van der Waals surface area (Å²) >= 11 is 1.43. The highest BCUT2D eigenvalue weighted by Gasteiger charge is 2.16. The van der Waals surface area contributed by atoms with Crippen LogP contribution < -0.4 is 14.4 Å². The van der Waals surface area contributed by atoms with E-state index in [4.69, 9.17) is 14.7 Å². The van der Waals surface area contributed by atoms with Crippen LogP contribution in [-0.4, -0.2) is 57.9 Å². The van der Waals surface area contributed by atoms with Gasteiger partial charge in [-0.05, 0) is 67.6 Å². The van der Waals surface area contributed by atoms with Gasteiger partial charge in [-0.2, -0.15) is 10.1 Å². The van der Waals surface area contributed by atoms with Crippen molar-refractivity contribution in [1.82, 2.24) is 24.6 Å². The number of aryl methyl sites for hydroxylation is 2. The molecular formula is C30H37N7OS. The summed E-state index contributed by atoms with van der Waals surface area (Å²) < 4.78 is 11.3. The second-order valence-electron chi connectivity index (χ2n) is 10.4. The summed E-state index contributed by atoms with van der Waals surface area (Å²) in [5.41, 5.74) is 4.43. The van der Waals surface area contributed by atoms with E-state index in [1.54, 1.807) is 4.68 Å². The molecule has 0 radical (unpaired) electrons. The van der Waals surface area contributed by atoms with Gasteiger partial charge in [-0.15, -0.1) is 0 Å². The number of benzene rings is 2. The SMILES string of the molecule is CC(C)CCc1ccccc1-c1cc(Oc2ccc(N3CCN(C)CC3)cc2)nc(NSc2cnn(C)c2)n1. The largest absolute Gasteiger partial charge is 0.439 e. The summed E-state index contributed by atoms with van der Waals surface area (Å²) in [5.74, 6) is 2.37. The first-order valence-electron chi connectivity index (χ1n) is 13.5. The van der Waals surface area contributed by atoms with E-state index < -0.39 is 0 Å². The highest BCUT2D eigenvalue weighted by atomic mass is 32.2. The van der Waals surface area contributed by atoms with Crippen molar-refractivity contribution < 1.29 is 4.74 Å². The Kier molecular flexibility index (Phi) is 8.68. The summed E-state index contributed by atoms with van der Waals surface area (Å²) in [4.78, 5) is 15.3. The maximum absolute atomic E-state index is 6.29. The molecule has 2 aromatic heterocycles. The third-order valence-electron chi connectivity index (χ3n) is 6.86. The zero-order chi connectivity index (χ0) is 27.2. The Morgan fingerprint density at radius 1 is 0.974 bits per heavy atom. The van der Waals surface area contributed by atoms with Crippen LogP contribution in [0.4, 0.5) is 11.6 Å². The third kappa shape index (κ3) is 7.30. The van der Waals surface area contributed by atoms with Gasteiger partial charge in [0.2, 0.25) is 11.8 Å². The van der Waals surface area contributed by atoms with Crippen LogP contribution in [0.2, 0.25) is 0 Å². The van der Waals surface area contributed by atoms with Gasteiger partial charge in [0.25, 0.3) is 0 Å². The van der Waals surface area contributed by atoms with Crippen molar-refractivity contribution in [2.45, 2.75) is 31.6 Å². The van der Waals surface area contributed by atoms with Crippen molar-refractivity contribution in [1.29, 1.82) is 0 Å². The van der Waals surface area contributed by atoms with E-state index in [-0.39, 0.29) is 0 Å². The van der Waals surface area contributed by atoms with E-state index in [0.29, 0.717) is 17.7 Å². The highest BCUT2D eigenvalue weighted by molar-refractivity contribution is 8.00. The summed E-state index contributed by atoms with van der Waals surface area (Å²) in [7, 11) is 4.07. The van der Waals surface area contributed by atoms with Gasteiger partial charge < -0.3 is 14.5 Å². The van der Waals surface area contributed by atoms with Crippen molar-refractivity contribution in [2.75, 3.05) is 42.8 Å². The van der Waals surface area contributed by atoms with Gasteiger partial charge in [0.1, 0.15) is 5.75 Å². The van der Waals surface area contributed by atoms with E-state index in [2.05, 4.69) is 76.9 Å². The maximum Gasteiger partial charge on any atom is 0.237 e. The lowest BCUT2D eigenvalue weighted by Gasteiger charge is -2.34. The zero-order valence-electron chi connectivity index (χ0n) is 23.2. The Hall–Kier alpha value is -3.56. The molecule has 1 aliphatic heterocycles. The van der Waals surface area contributed by atoms with Crippen LogP contribution in [0.5, 0.6) is 11.6 Å². The zero-order valence-corrected chi connectivity index (χ0v) is 24.0. The molecule has 39 heavy (non-hydrogen) atoms. The fraction of sp³-hybridized carbons (Fsp3) is 0.367. The summed E-state index contributed by atoms with van der Waals surface area (Å²) in [5, 5.41) is 4.24. The predicted octanol–water partition coefficient (Wildman–Crippen LogP) is 6.13. The Morgan fingerprint density at radius 2 is 1.74 bits per heavy atom. The Morgan fingerprint density at radius 3 is 2.46 bits per heavy atom. The summed E-state index contributed by atoms with van der Waals surface area (Å²) in [6, 6.07) is 18.7. The first kappa shape index (κ1) is 27.0. The van der Waals surface area contributed by atoms with Gasteiger partial charge >= 0.3 is 0 Å². The molecule has 5 rings (SSSR count). The molecule has 0 bridgehead atoms. The van der Waals surface area contributed by atoms with Gasteiger partial charge in [-0.3, -0.25) is 9.40 Å². The highest BCUT2D eigenvalue weighted by Crippen LogP contribution is 2.31. The van der Waals surface area contributed by atoms with Gasteiger partial charge in [0.15, 0.2) is 0 Å². The van der Waals surface area contributed by atoms with Crippen LogP contribution in [0.3, 0.4) is 0 Å². The molecule has 1 N–H and O–H groups in total. The number of anilines is 2. The molecule has 1 aliphatic rings. The minimum Gasteiger partial charge on any atom is -0.439 e. The van der Waals surface area contributed by atoms with Crippen molar-refractivity contribution in [3.05, 3.63) is 72.6 Å². The second kappa shape index (κ2) is 12.5.